The van der Waals surface area contributed by atoms with Crippen LogP contribution < -0.4 is 5.32 Å². The van der Waals surface area contributed by atoms with Crippen LogP contribution in [-0.2, 0) is 14.3 Å². The molecule has 2 atom stereocenters. The van der Waals surface area contributed by atoms with Crippen molar-refractivity contribution in [1.82, 2.24) is 5.32 Å². The Labute approximate surface area is 519 Å². The number of carbonyl (C=O) groups is 2. The van der Waals surface area contributed by atoms with Crippen molar-refractivity contribution in [2.45, 2.75) is 431 Å². The molecule has 0 aliphatic rings. The molecule has 6 heteroatoms. The second-order valence-electron chi connectivity index (χ2n) is 26.0. The highest BCUT2D eigenvalue weighted by atomic mass is 16.5. The molecule has 0 fully saturated rings. The third kappa shape index (κ3) is 69.1. The van der Waals surface area contributed by atoms with Gasteiger partial charge in [-0.25, -0.2) is 0 Å². The van der Waals surface area contributed by atoms with E-state index in [9.17, 15) is 19.8 Å². The lowest BCUT2D eigenvalue weighted by molar-refractivity contribution is -0.143. The van der Waals surface area contributed by atoms with Crippen LogP contribution in [0.15, 0.2) is 36.5 Å². The van der Waals surface area contributed by atoms with Gasteiger partial charge in [0.25, 0.3) is 0 Å². The highest BCUT2D eigenvalue weighted by molar-refractivity contribution is 5.76. The number of amides is 1. The summed E-state index contributed by atoms with van der Waals surface area (Å²) < 4.78 is 5.49. The van der Waals surface area contributed by atoms with Gasteiger partial charge in [0.1, 0.15) is 0 Å². The summed E-state index contributed by atoms with van der Waals surface area (Å²) in [7, 11) is 0. The number of hydrogen-bond acceptors (Lipinski definition) is 5. The Morgan fingerprint density at radius 1 is 0.337 bits per heavy atom. The van der Waals surface area contributed by atoms with Crippen molar-refractivity contribution in [3.05, 3.63) is 36.5 Å². The molecule has 0 aromatic carbocycles. The summed E-state index contributed by atoms with van der Waals surface area (Å²) in [5, 5.41) is 23.3. The normalized spacial score (nSPS) is 12.7. The molecule has 0 radical (unpaired) electrons. The van der Waals surface area contributed by atoms with Crippen molar-refractivity contribution in [1.29, 1.82) is 0 Å². The van der Waals surface area contributed by atoms with Crippen molar-refractivity contribution in [3.63, 3.8) is 0 Å². The van der Waals surface area contributed by atoms with Crippen LogP contribution >= 0.6 is 0 Å². The second-order valence-corrected chi connectivity index (χ2v) is 26.0. The first-order valence-electron chi connectivity index (χ1n) is 37.8. The Bertz CT molecular complexity index is 1340. The van der Waals surface area contributed by atoms with E-state index in [1.54, 1.807) is 6.08 Å². The van der Waals surface area contributed by atoms with Gasteiger partial charge in [-0.15, -0.1) is 0 Å². The van der Waals surface area contributed by atoms with Crippen molar-refractivity contribution in [2.75, 3.05) is 13.2 Å². The van der Waals surface area contributed by atoms with Crippen LogP contribution in [0.2, 0.25) is 0 Å². The topological polar surface area (TPSA) is 95.9 Å². The van der Waals surface area contributed by atoms with Gasteiger partial charge in [-0.1, -0.05) is 378 Å². The molecule has 2 unspecified atom stereocenters. The Morgan fingerprint density at radius 2 is 0.602 bits per heavy atom. The van der Waals surface area contributed by atoms with Gasteiger partial charge in [0.05, 0.1) is 25.4 Å². The number of esters is 1. The first-order valence-corrected chi connectivity index (χ1v) is 37.8. The molecule has 490 valence electrons. The third-order valence-corrected chi connectivity index (χ3v) is 17.7. The van der Waals surface area contributed by atoms with Crippen molar-refractivity contribution < 1.29 is 24.5 Å². The van der Waals surface area contributed by atoms with Crippen molar-refractivity contribution in [3.8, 4) is 0 Å². The predicted molar refractivity (Wildman–Crippen MR) is 366 cm³/mol. The molecule has 6 nitrogen and oxygen atoms in total. The Hall–Kier alpha value is -1.92. The number of aliphatic hydroxyl groups excluding tert-OH is 2. The summed E-state index contributed by atoms with van der Waals surface area (Å²) in [5.74, 6) is -0.0565. The largest absolute Gasteiger partial charge is 0.466 e. The number of aliphatic hydroxyl groups is 2. The monoisotopic (exact) mass is 1170 g/mol. The molecule has 0 rings (SSSR count). The number of nitrogens with one attached hydrogen (secondary N) is 1. The molecule has 1 amide bonds. The maximum Gasteiger partial charge on any atom is 0.305 e. The summed E-state index contributed by atoms with van der Waals surface area (Å²) in [6, 6.07) is -0.628. The highest BCUT2D eigenvalue weighted by Crippen LogP contribution is 2.19. The number of carbonyl (C=O) groups excluding carboxylic acids is 2. The zero-order chi connectivity index (χ0) is 59.9. The predicted octanol–water partition coefficient (Wildman–Crippen LogP) is 24.7. The van der Waals surface area contributed by atoms with Gasteiger partial charge >= 0.3 is 5.97 Å². The maximum atomic E-state index is 12.5. The minimum absolute atomic E-state index is 0.00431. The number of ether oxygens (including phenoxy) is 1. The van der Waals surface area contributed by atoms with Gasteiger partial charge in [-0.2, -0.15) is 0 Å². The Morgan fingerprint density at radius 3 is 0.940 bits per heavy atom. The summed E-state index contributed by atoms with van der Waals surface area (Å²) in [4.78, 5) is 24.6. The molecule has 0 spiro atoms. The van der Waals surface area contributed by atoms with Gasteiger partial charge in [0, 0.05) is 12.8 Å². The molecular weight excluding hydrogens is 1020 g/mol. The van der Waals surface area contributed by atoms with E-state index in [2.05, 4.69) is 43.5 Å². The van der Waals surface area contributed by atoms with Crippen LogP contribution in [0.25, 0.3) is 0 Å². The van der Waals surface area contributed by atoms with Gasteiger partial charge in [-0.3, -0.25) is 9.59 Å². The Kier molecular flexibility index (Phi) is 70.9. The molecule has 0 saturated carbocycles. The van der Waals surface area contributed by atoms with E-state index in [-0.39, 0.29) is 18.5 Å². The van der Waals surface area contributed by atoms with E-state index < -0.39 is 12.1 Å². The summed E-state index contributed by atoms with van der Waals surface area (Å²) in [5.41, 5.74) is 0. The lowest BCUT2D eigenvalue weighted by Crippen LogP contribution is -2.45. The second kappa shape index (κ2) is 72.6. The lowest BCUT2D eigenvalue weighted by atomic mass is 10.0. The van der Waals surface area contributed by atoms with Crippen LogP contribution in [0.1, 0.15) is 418 Å². The fourth-order valence-corrected chi connectivity index (χ4v) is 11.9. The van der Waals surface area contributed by atoms with E-state index in [0.717, 1.165) is 51.4 Å². The first kappa shape index (κ1) is 81.1. The molecule has 83 heavy (non-hydrogen) atoms. The number of hydrogen-bond donors (Lipinski definition) is 3. The highest BCUT2D eigenvalue weighted by Gasteiger charge is 2.18. The van der Waals surface area contributed by atoms with Gasteiger partial charge in [0.15, 0.2) is 0 Å². The summed E-state index contributed by atoms with van der Waals surface area (Å²) in [6.45, 7) is 4.91. The maximum absolute atomic E-state index is 12.5. The first-order chi connectivity index (χ1) is 41.0. The van der Waals surface area contributed by atoms with Crippen molar-refractivity contribution >= 4 is 11.9 Å². The van der Waals surface area contributed by atoms with Crippen LogP contribution in [0, 0.1) is 0 Å². The SMILES string of the molecule is CCCCC/C=C\C/C=C\CCCCCCCC(=O)OCCCCCCCCCCCCCCCCCCCCCCCCCCCCCC(=O)NC(CO)C(O)/C=C/CCCCCCCCCCCCCCCCCCCCCCCC. The van der Waals surface area contributed by atoms with E-state index >= 15 is 0 Å². The zero-order valence-electron chi connectivity index (χ0n) is 56.2. The van der Waals surface area contributed by atoms with Gasteiger partial charge in [-0.05, 0) is 64.2 Å². The number of unbranched alkanes of at least 4 members (excludes halogenated alkanes) is 56. The fraction of sp³-hybridized carbons (Fsp3) is 0.896. The molecule has 3 N–H and O–H groups in total. The molecule has 0 saturated heterocycles. The van der Waals surface area contributed by atoms with Gasteiger partial charge < -0.3 is 20.3 Å². The van der Waals surface area contributed by atoms with Crippen LogP contribution in [-0.4, -0.2) is 47.4 Å². The number of allylic oxidation sites excluding steroid dienone is 5. The van der Waals surface area contributed by atoms with Crippen LogP contribution in [0.3, 0.4) is 0 Å². The number of rotatable bonds is 71. The van der Waals surface area contributed by atoms with Crippen molar-refractivity contribution in [2.24, 2.45) is 0 Å². The average Bonchev–Trinajstić information content (AvgIpc) is 3.48. The minimum atomic E-state index is -0.844. The molecule has 0 aromatic rings. The van der Waals surface area contributed by atoms with E-state index in [1.165, 1.54) is 340 Å². The molecule has 0 bridgehead atoms. The van der Waals surface area contributed by atoms with Crippen LogP contribution in [0.4, 0.5) is 0 Å². The molecule has 0 aliphatic heterocycles. The molecule has 0 aromatic heterocycles. The molecule has 0 aliphatic carbocycles. The lowest BCUT2D eigenvalue weighted by Gasteiger charge is -2.20. The van der Waals surface area contributed by atoms with E-state index in [1.807, 2.05) is 6.08 Å². The minimum Gasteiger partial charge on any atom is -0.466 e. The summed E-state index contributed by atoms with van der Waals surface area (Å²) in [6.07, 6.45) is 93.9. The third-order valence-electron chi connectivity index (χ3n) is 17.7. The van der Waals surface area contributed by atoms with E-state index in [4.69, 9.17) is 4.74 Å². The standard InChI is InChI=1S/C77H147NO5/c1-3-5-7-9-11-13-15-17-19-20-21-22-23-29-32-35-38-42-45-49-53-57-61-65-69-75(80)74(73-79)78-76(81)70-66-62-58-54-50-46-43-39-36-33-30-27-25-24-26-28-31-34-37-40-44-48-52-56-60-64-68-72-83-77(82)71-67-63-59-55-51-47-41-18-16-14-12-10-8-6-4-2/h12,14,18,41,65,69,74-75,79-80H,3-11,13,15-17,19-40,42-64,66-68,70-73H2,1-2H3,(H,78,81)/b14-12-,41-18-,69-65+. The zero-order valence-corrected chi connectivity index (χ0v) is 56.2. The van der Waals surface area contributed by atoms with Crippen LogP contribution in [0.5, 0.6) is 0 Å². The quantitative estimate of drug-likeness (QED) is 0.0320. The van der Waals surface area contributed by atoms with Gasteiger partial charge in [0.2, 0.25) is 5.91 Å². The van der Waals surface area contributed by atoms with E-state index in [0.29, 0.717) is 19.4 Å². The molecular formula is C77H147NO5. The Balaban J connectivity index is 3.38. The fourth-order valence-electron chi connectivity index (χ4n) is 11.9. The molecule has 0 heterocycles. The smallest absolute Gasteiger partial charge is 0.305 e. The summed E-state index contributed by atoms with van der Waals surface area (Å²) >= 11 is 0. The average molecular weight is 1170 g/mol.